The van der Waals surface area contributed by atoms with Crippen molar-refractivity contribution in [1.82, 2.24) is 0 Å². The van der Waals surface area contributed by atoms with Crippen LogP contribution in [0.3, 0.4) is 0 Å². The predicted octanol–water partition coefficient (Wildman–Crippen LogP) is 2.75. The van der Waals surface area contributed by atoms with Crippen molar-refractivity contribution in [2.45, 2.75) is 35.7 Å². The average molecular weight is 426 g/mol. The monoisotopic (exact) mass is 425 g/mol. The Kier molecular flexibility index (Phi) is 5.69. The van der Waals surface area contributed by atoms with E-state index in [1.165, 1.54) is 36.4 Å². The minimum Gasteiger partial charge on any atom is -0.491 e. The van der Waals surface area contributed by atoms with Gasteiger partial charge in [0, 0.05) is 12.3 Å². The van der Waals surface area contributed by atoms with Crippen molar-refractivity contribution in [3.63, 3.8) is 0 Å². The van der Waals surface area contributed by atoms with Crippen molar-refractivity contribution in [2.75, 3.05) is 12.9 Å². The highest BCUT2D eigenvalue weighted by molar-refractivity contribution is 7.92. The number of hydrogen-bond acceptors (Lipinski definition) is 6. The van der Waals surface area contributed by atoms with E-state index < -0.39 is 31.0 Å². The number of sulfone groups is 1. The van der Waals surface area contributed by atoms with E-state index >= 15 is 0 Å². The topological polar surface area (TPSA) is 107 Å². The molecule has 151 valence electrons. The molecule has 0 aromatic heterocycles. The largest absolute Gasteiger partial charge is 0.491 e. The van der Waals surface area contributed by atoms with E-state index in [1.54, 1.807) is 13.0 Å². The van der Waals surface area contributed by atoms with Gasteiger partial charge in [0.1, 0.15) is 29.1 Å². The van der Waals surface area contributed by atoms with Crippen LogP contribution < -0.4 is 8.92 Å². The number of rotatable bonds is 8. The number of ether oxygens (including phenoxy) is 1. The number of aryl methyl sites for hydroxylation is 1. The summed E-state index contributed by atoms with van der Waals surface area (Å²) in [6.07, 6.45) is 1.95. The van der Waals surface area contributed by atoms with Crippen molar-refractivity contribution in [2.24, 2.45) is 5.92 Å². The van der Waals surface area contributed by atoms with Gasteiger partial charge in [0.2, 0.25) is 0 Å². The molecule has 0 saturated heterocycles. The van der Waals surface area contributed by atoms with Gasteiger partial charge in [0.25, 0.3) is 0 Å². The molecule has 0 amide bonds. The molecule has 1 atom stereocenters. The van der Waals surface area contributed by atoms with Gasteiger partial charge in [-0.1, -0.05) is 12.1 Å². The third kappa shape index (κ3) is 5.03. The highest BCUT2D eigenvalue weighted by Gasteiger charge is 2.31. The molecular weight excluding hydrogens is 404 g/mol. The van der Waals surface area contributed by atoms with Crippen LogP contribution in [0.15, 0.2) is 52.3 Å². The first-order chi connectivity index (χ1) is 13.1. The molecule has 2 aromatic carbocycles. The second-order valence-corrected chi connectivity index (χ2v) is 10.4. The molecule has 7 nitrogen and oxygen atoms in total. The maximum atomic E-state index is 12.7. The standard InChI is InChI=1S/C19H21O7S2/c1-13-9-15(25-12-17(20)14-7-8-14)11-16(10-13)26-28(23,24)19-6-4-3-5-18(19)27(2,21)22/h3-6,9-11,14,17H,7-8,12H2,1-2H3. The summed E-state index contributed by atoms with van der Waals surface area (Å²) in [5.74, 6) is 0.448. The molecule has 1 radical (unpaired) electrons. The number of benzene rings is 2. The lowest BCUT2D eigenvalue weighted by Gasteiger charge is -2.13. The molecule has 2 aromatic rings. The van der Waals surface area contributed by atoms with Crippen LogP contribution in [0, 0.1) is 12.8 Å². The Hall–Kier alpha value is -2.10. The second kappa shape index (κ2) is 7.73. The molecule has 9 heteroatoms. The second-order valence-electron chi connectivity index (χ2n) is 6.93. The maximum absolute atomic E-state index is 12.7. The SMILES string of the molecule is Cc1cc(OCC([O])C2CC2)cc(OS(=O)(=O)c2ccccc2S(C)(=O)=O)c1. The van der Waals surface area contributed by atoms with Gasteiger partial charge < -0.3 is 8.92 Å². The van der Waals surface area contributed by atoms with E-state index in [0.29, 0.717) is 11.3 Å². The molecule has 3 rings (SSSR count). The van der Waals surface area contributed by atoms with Crippen molar-refractivity contribution in [1.29, 1.82) is 0 Å². The fraction of sp³-hybridized carbons (Fsp3) is 0.368. The Balaban J connectivity index is 1.84. The maximum Gasteiger partial charge on any atom is 0.340 e. The van der Waals surface area contributed by atoms with E-state index in [1.807, 2.05) is 0 Å². The summed E-state index contributed by atoms with van der Waals surface area (Å²) in [5.41, 5.74) is 0.674. The van der Waals surface area contributed by atoms with Crippen molar-refractivity contribution in [3.05, 3.63) is 48.0 Å². The third-order valence-corrected chi connectivity index (χ3v) is 6.90. The Morgan fingerprint density at radius 2 is 1.61 bits per heavy atom. The lowest BCUT2D eigenvalue weighted by atomic mass is 10.2. The molecule has 0 spiro atoms. The lowest BCUT2D eigenvalue weighted by Crippen LogP contribution is -2.18. The minimum atomic E-state index is -4.39. The predicted molar refractivity (Wildman–Crippen MR) is 101 cm³/mol. The molecule has 1 saturated carbocycles. The Bertz CT molecular complexity index is 1070. The number of hydrogen-bond donors (Lipinski definition) is 0. The van der Waals surface area contributed by atoms with Crippen LogP contribution in [0.25, 0.3) is 0 Å². The summed E-state index contributed by atoms with van der Waals surface area (Å²) < 4.78 is 59.8. The first-order valence-electron chi connectivity index (χ1n) is 8.70. The molecule has 0 heterocycles. The van der Waals surface area contributed by atoms with Gasteiger partial charge in [0.15, 0.2) is 9.84 Å². The zero-order valence-corrected chi connectivity index (χ0v) is 17.1. The Morgan fingerprint density at radius 1 is 1.00 bits per heavy atom. The van der Waals surface area contributed by atoms with Crippen LogP contribution in [0.2, 0.25) is 0 Å². The van der Waals surface area contributed by atoms with Crippen LogP contribution in [0.4, 0.5) is 0 Å². The van der Waals surface area contributed by atoms with Gasteiger partial charge >= 0.3 is 10.1 Å². The molecule has 0 aliphatic heterocycles. The molecule has 0 N–H and O–H groups in total. The molecule has 1 aliphatic rings. The van der Waals surface area contributed by atoms with Gasteiger partial charge in [-0.15, -0.1) is 0 Å². The van der Waals surface area contributed by atoms with Crippen molar-refractivity contribution in [3.8, 4) is 11.5 Å². The average Bonchev–Trinajstić information content (AvgIpc) is 3.43. The van der Waals surface area contributed by atoms with E-state index in [9.17, 15) is 21.9 Å². The van der Waals surface area contributed by atoms with E-state index in [0.717, 1.165) is 19.1 Å². The molecular formula is C19H21O7S2. The summed E-state index contributed by atoms with van der Waals surface area (Å²) in [6.45, 7) is 1.73. The van der Waals surface area contributed by atoms with Gasteiger partial charge in [-0.2, -0.15) is 8.42 Å². The van der Waals surface area contributed by atoms with Crippen LogP contribution in [-0.2, 0) is 25.1 Å². The molecule has 1 fully saturated rings. The highest BCUT2D eigenvalue weighted by Crippen LogP contribution is 2.33. The van der Waals surface area contributed by atoms with Crippen LogP contribution >= 0.6 is 0 Å². The zero-order valence-electron chi connectivity index (χ0n) is 15.5. The Morgan fingerprint density at radius 3 is 2.21 bits per heavy atom. The zero-order chi connectivity index (χ0) is 20.5. The fourth-order valence-corrected chi connectivity index (χ4v) is 5.28. The third-order valence-electron chi connectivity index (χ3n) is 4.31. The summed E-state index contributed by atoms with van der Waals surface area (Å²) >= 11 is 0. The van der Waals surface area contributed by atoms with Crippen molar-refractivity contribution < 1.29 is 30.9 Å². The summed E-state index contributed by atoms with van der Waals surface area (Å²) in [5, 5.41) is 11.9. The van der Waals surface area contributed by atoms with Crippen LogP contribution in [-0.4, -0.2) is 35.8 Å². The van der Waals surface area contributed by atoms with E-state index in [4.69, 9.17) is 8.92 Å². The first-order valence-corrected chi connectivity index (χ1v) is 12.0. The molecule has 1 aliphatic carbocycles. The molecule has 1 unspecified atom stereocenters. The van der Waals surface area contributed by atoms with Crippen LogP contribution in [0.5, 0.6) is 11.5 Å². The van der Waals surface area contributed by atoms with Crippen LogP contribution in [0.1, 0.15) is 18.4 Å². The van der Waals surface area contributed by atoms with Gasteiger partial charge in [-0.3, -0.25) is 0 Å². The van der Waals surface area contributed by atoms with E-state index in [-0.39, 0.29) is 23.2 Å². The quantitative estimate of drug-likeness (QED) is 0.602. The fourth-order valence-electron chi connectivity index (χ4n) is 2.76. The van der Waals surface area contributed by atoms with Crippen molar-refractivity contribution >= 4 is 20.0 Å². The highest BCUT2D eigenvalue weighted by atomic mass is 32.2. The van der Waals surface area contributed by atoms with Gasteiger partial charge in [-0.05, 0) is 55.5 Å². The normalized spacial score (nSPS) is 15.8. The van der Waals surface area contributed by atoms with Gasteiger partial charge in [0.05, 0.1) is 4.90 Å². The molecule has 28 heavy (non-hydrogen) atoms. The van der Waals surface area contributed by atoms with E-state index in [2.05, 4.69) is 0 Å². The van der Waals surface area contributed by atoms with Gasteiger partial charge in [-0.25, -0.2) is 13.5 Å². The smallest absolute Gasteiger partial charge is 0.340 e. The lowest BCUT2D eigenvalue weighted by molar-refractivity contribution is 0.0280. The summed E-state index contributed by atoms with van der Waals surface area (Å²) in [7, 11) is -8.16. The molecule has 0 bridgehead atoms. The summed E-state index contributed by atoms with van der Waals surface area (Å²) in [6, 6.07) is 9.77. The summed E-state index contributed by atoms with van der Waals surface area (Å²) in [4.78, 5) is -0.771. The first kappa shape index (κ1) is 20.6. The Labute approximate surface area is 165 Å². The minimum absolute atomic E-state index is 0.00276.